The van der Waals surface area contributed by atoms with Crippen LogP contribution in [0.3, 0.4) is 0 Å². The van der Waals surface area contributed by atoms with Crippen LogP contribution in [0.15, 0.2) is 88.1 Å². The lowest BCUT2D eigenvalue weighted by Crippen LogP contribution is -2.04. The van der Waals surface area contributed by atoms with Gasteiger partial charge in [0.2, 0.25) is 14.1 Å². The van der Waals surface area contributed by atoms with Gasteiger partial charge in [-0.2, -0.15) is 15.3 Å². The molecule has 0 bridgehead atoms. The first-order valence-electron chi connectivity index (χ1n) is 12.4. The molecule has 0 saturated heterocycles. The first-order valence-corrected chi connectivity index (χ1v) is 19.8. The number of ether oxygens (including phenoxy) is 1. The molecular weight excluding hydrogens is 649 g/mol. The number of hydrazone groups is 3. The zero-order valence-electron chi connectivity index (χ0n) is 23.7. The van der Waals surface area contributed by atoms with E-state index in [1.54, 1.807) is 68.3 Å². The van der Waals surface area contributed by atoms with Crippen LogP contribution in [0.2, 0.25) is 0 Å². The normalized spacial score (nSPS) is 13.6. The second-order valence-corrected chi connectivity index (χ2v) is 15.9. The number of rotatable bonds is 15. The fraction of sp³-hybridized carbons (Fsp3) is 0.192. The fourth-order valence-corrected chi connectivity index (χ4v) is 5.66. The van der Waals surface area contributed by atoms with Crippen molar-refractivity contribution < 1.29 is 18.3 Å². The van der Waals surface area contributed by atoms with Crippen LogP contribution in [-0.4, -0.2) is 68.3 Å². The van der Waals surface area contributed by atoms with Crippen molar-refractivity contribution in [3.8, 4) is 17.2 Å². The van der Waals surface area contributed by atoms with Gasteiger partial charge in [-0.15, -0.1) is 0 Å². The summed E-state index contributed by atoms with van der Waals surface area (Å²) in [4.78, 5) is 0. The SMILES string of the molecule is COc1ccc(/C=N/N(C)[PH](=S)Oc2ccc(/C=N/N(C)[PH](=S)Oc3ccc(/C=N/N(C)[PH](=S)OC)cc3)cc2)cc1. The molecule has 0 spiro atoms. The molecule has 3 rings (SSSR count). The second kappa shape index (κ2) is 17.5. The lowest BCUT2D eigenvalue weighted by molar-refractivity contribution is 0.415. The van der Waals surface area contributed by atoms with E-state index in [4.69, 9.17) is 53.7 Å². The van der Waals surface area contributed by atoms with E-state index in [1.807, 2.05) is 72.8 Å². The molecule has 42 heavy (non-hydrogen) atoms. The Bertz CT molecular complexity index is 1460. The molecule has 0 N–H and O–H groups in total. The van der Waals surface area contributed by atoms with Crippen molar-refractivity contribution in [2.45, 2.75) is 0 Å². The smallest absolute Gasteiger partial charge is 0.207 e. The van der Waals surface area contributed by atoms with Crippen molar-refractivity contribution in [2.24, 2.45) is 15.3 Å². The van der Waals surface area contributed by atoms with Crippen molar-refractivity contribution in [3.63, 3.8) is 0 Å². The van der Waals surface area contributed by atoms with Crippen molar-refractivity contribution in [1.82, 2.24) is 14.3 Å². The summed E-state index contributed by atoms with van der Waals surface area (Å²) in [5.74, 6) is 2.12. The van der Waals surface area contributed by atoms with Gasteiger partial charge < -0.3 is 18.3 Å². The summed E-state index contributed by atoms with van der Waals surface area (Å²) in [7, 11) is 3.50. The van der Waals surface area contributed by atoms with Crippen LogP contribution in [0, 0.1) is 0 Å². The summed E-state index contributed by atoms with van der Waals surface area (Å²) >= 11 is 16.3. The number of benzene rings is 3. The molecule has 3 atom stereocenters. The van der Waals surface area contributed by atoms with Crippen molar-refractivity contribution >= 4 is 75.3 Å². The predicted octanol–water partition coefficient (Wildman–Crippen LogP) is 5.82. The topological polar surface area (TPSA) is 83.7 Å². The first kappa shape index (κ1) is 33.9. The maximum Gasteiger partial charge on any atom is 0.207 e. The molecule has 0 radical (unpaired) electrons. The minimum Gasteiger partial charge on any atom is -0.497 e. The molecule has 0 aliphatic heterocycles. The molecule has 0 saturated carbocycles. The van der Waals surface area contributed by atoms with Crippen LogP contribution in [0.4, 0.5) is 0 Å². The van der Waals surface area contributed by atoms with Gasteiger partial charge in [0.25, 0.3) is 0 Å². The number of methoxy groups -OCH3 is 1. The van der Waals surface area contributed by atoms with Gasteiger partial charge >= 0.3 is 0 Å². The van der Waals surface area contributed by atoms with E-state index in [0.717, 1.165) is 22.4 Å². The molecule has 224 valence electrons. The summed E-state index contributed by atoms with van der Waals surface area (Å²) < 4.78 is 27.2. The third kappa shape index (κ3) is 11.2. The van der Waals surface area contributed by atoms with Gasteiger partial charge in [-0.25, -0.2) is 9.56 Å². The average Bonchev–Trinajstić information content (AvgIpc) is 3.02. The number of hydrogen-bond donors (Lipinski definition) is 0. The van der Waals surface area contributed by atoms with Crippen LogP contribution in [0.5, 0.6) is 17.2 Å². The molecule has 10 nitrogen and oxygen atoms in total. The van der Waals surface area contributed by atoms with E-state index < -0.39 is 21.2 Å². The molecule has 3 unspecified atom stereocenters. The van der Waals surface area contributed by atoms with E-state index in [2.05, 4.69) is 15.3 Å². The van der Waals surface area contributed by atoms with Crippen molar-refractivity contribution in [3.05, 3.63) is 89.5 Å². The third-order valence-electron chi connectivity index (χ3n) is 5.39. The Morgan fingerprint density at radius 1 is 0.524 bits per heavy atom. The molecule has 0 aliphatic rings. The maximum absolute atomic E-state index is 5.94. The van der Waals surface area contributed by atoms with Crippen molar-refractivity contribution in [1.29, 1.82) is 0 Å². The van der Waals surface area contributed by atoms with Gasteiger partial charge in [-0.3, -0.25) is 4.78 Å². The number of hydrogen-bond acceptors (Lipinski definition) is 10. The molecule has 0 fully saturated rings. The highest BCUT2D eigenvalue weighted by Gasteiger charge is 2.05. The van der Waals surface area contributed by atoms with Crippen LogP contribution in [-0.2, 0) is 39.9 Å². The standard InChI is InChI=1S/C26H33N6O4P3S3/c1-30(37(40)34-5)27-18-22-8-14-25(15-9-22)35-39(42)32(3)29-20-23-10-16-26(17-11-23)36-38(41)31(2)28-19-21-6-12-24(33-4)13-7-21/h6-20,37-39H,1-5H3/b27-18+,28-19+,29-20+. The zero-order chi connectivity index (χ0) is 30.5. The maximum atomic E-state index is 5.94. The van der Waals surface area contributed by atoms with Gasteiger partial charge in [0.1, 0.15) is 17.2 Å². The second-order valence-electron chi connectivity index (χ2n) is 8.42. The summed E-state index contributed by atoms with van der Waals surface area (Å²) in [6.45, 7) is 0. The van der Waals surface area contributed by atoms with Crippen LogP contribution >= 0.6 is 21.2 Å². The molecule has 0 aliphatic carbocycles. The molecular formula is C26H33N6O4P3S3. The Labute approximate surface area is 264 Å². The first-order chi connectivity index (χ1) is 20.2. The molecule has 0 aromatic heterocycles. The molecule has 3 aromatic carbocycles. The zero-order valence-corrected chi connectivity index (χ0v) is 29.2. The highest BCUT2D eigenvalue weighted by Crippen LogP contribution is 2.32. The third-order valence-corrected chi connectivity index (χ3v) is 11.9. The van der Waals surface area contributed by atoms with Gasteiger partial charge in [-0.1, -0.05) is 0 Å². The largest absolute Gasteiger partial charge is 0.497 e. The molecule has 0 amide bonds. The summed E-state index contributed by atoms with van der Waals surface area (Å²) in [6.07, 6.45) is 5.18. The summed E-state index contributed by atoms with van der Waals surface area (Å²) in [5.41, 5.74) is 2.73. The lowest BCUT2D eigenvalue weighted by atomic mass is 10.2. The van der Waals surface area contributed by atoms with Crippen molar-refractivity contribution in [2.75, 3.05) is 35.4 Å². The van der Waals surface area contributed by atoms with E-state index in [1.165, 1.54) is 0 Å². The average molecular weight is 683 g/mol. The van der Waals surface area contributed by atoms with E-state index in [9.17, 15) is 0 Å². The Hall–Kier alpha value is -2.62. The van der Waals surface area contributed by atoms with Crippen LogP contribution in [0.25, 0.3) is 0 Å². The minimum absolute atomic E-state index is 0.663. The van der Waals surface area contributed by atoms with Gasteiger partial charge in [0.15, 0.2) is 7.07 Å². The monoisotopic (exact) mass is 682 g/mol. The Morgan fingerprint density at radius 3 is 1.14 bits per heavy atom. The van der Waals surface area contributed by atoms with Gasteiger partial charge in [0.05, 0.1) is 25.8 Å². The quantitative estimate of drug-likeness (QED) is 0.111. The minimum atomic E-state index is -1.81. The Kier molecular flexibility index (Phi) is 14.1. The molecule has 16 heteroatoms. The molecule has 3 aromatic rings. The highest BCUT2D eigenvalue weighted by molar-refractivity contribution is 8.02. The summed E-state index contributed by atoms with van der Waals surface area (Å²) in [5, 5.41) is 13.2. The fourth-order valence-electron chi connectivity index (χ4n) is 3.00. The van der Waals surface area contributed by atoms with E-state index >= 15 is 0 Å². The predicted molar refractivity (Wildman–Crippen MR) is 187 cm³/mol. The Balaban J connectivity index is 1.48. The number of nitrogens with zero attached hydrogens (tertiary/aromatic N) is 6. The lowest BCUT2D eigenvalue weighted by Gasteiger charge is -2.17. The molecule has 0 heterocycles. The van der Waals surface area contributed by atoms with Crippen LogP contribution < -0.4 is 13.8 Å². The highest BCUT2D eigenvalue weighted by atomic mass is 32.4. The van der Waals surface area contributed by atoms with E-state index in [0.29, 0.717) is 11.5 Å². The van der Waals surface area contributed by atoms with Crippen LogP contribution in [0.1, 0.15) is 16.7 Å². The van der Waals surface area contributed by atoms with E-state index in [-0.39, 0.29) is 0 Å². The Morgan fingerprint density at radius 2 is 0.833 bits per heavy atom. The van der Waals surface area contributed by atoms with Gasteiger partial charge in [-0.05, 0) is 125 Å². The van der Waals surface area contributed by atoms with Gasteiger partial charge in [0, 0.05) is 28.3 Å². The summed E-state index contributed by atoms with van der Waals surface area (Å²) in [6, 6.07) is 22.6.